The molecule has 0 spiro atoms. The first-order valence-corrected chi connectivity index (χ1v) is 6.33. The number of aryl methyl sites for hydroxylation is 1. The topological polar surface area (TPSA) is 15.3 Å². The molecule has 1 fully saturated rings. The van der Waals surface area contributed by atoms with E-state index < -0.39 is 0 Å². The number of hydrogen-bond donors (Lipinski definition) is 1. The van der Waals surface area contributed by atoms with Crippen LogP contribution in [-0.2, 0) is 0 Å². The van der Waals surface area contributed by atoms with Crippen LogP contribution >= 0.6 is 0 Å². The highest BCUT2D eigenvalue weighted by molar-refractivity contribution is 5.50. The van der Waals surface area contributed by atoms with Gasteiger partial charge in [-0.2, -0.15) is 0 Å². The number of benzene rings is 1. The highest BCUT2D eigenvalue weighted by Crippen LogP contribution is 2.22. The summed E-state index contributed by atoms with van der Waals surface area (Å²) in [5.41, 5.74) is 2.00. The van der Waals surface area contributed by atoms with Crippen LogP contribution in [0.2, 0.25) is 0 Å². The molecule has 17 heavy (non-hydrogen) atoms. The molecule has 1 aromatic rings. The predicted molar refractivity (Wildman–Crippen MR) is 70.0 cm³/mol. The molecule has 0 radical (unpaired) electrons. The van der Waals surface area contributed by atoms with Gasteiger partial charge in [0.05, 0.1) is 0 Å². The summed E-state index contributed by atoms with van der Waals surface area (Å²) in [5, 5.41) is 3.54. The minimum atomic E-state index is -0.139. The first kappa shape index (κ1) is 12.4. The number of hydrogen-bond acceptors (Lipinski definition) is 2. The second-order valence-electron chi connectivity index (χ2n) is 5.24. The molecule has 2 nitrogen and oxygen atoms in total. The SMILES string of the molecule is Cc1cc(F)cc(N2CCC(NC(C)C)C2)c1. The molecule has 1 aliphatic heterocycles. The number of halogens is 1. The largest absolute Gasteiger partial charge is 0.370 e. The van der Waals surface area contributed by atoms with Gasteiger partial charge in [-0.25, -0.2) is 4.39 Å². The van der Waals surface area contributed by atoms with Crippen molar-refractivity contribution in [2.45, 2.75) is 39.3 Å². The van der Waals surface area contributed by atoms with Crippen LogP contribution in [0.1, 0.15) is 25.8 Å². The molecule has 2 rings (SSSR count). The van der Waals surface area contributed by atoms with Gasteiger partial charge in [0.25, 0.3) is 0 Å². The van der Waals surface area contributed by atoms with E-state index >= 15 is 0 Å². The van der Waals surface area contributed by atoms with Gasteiger partial charge in [-0.05, 0) is 37.1 Å². The molecule has 1 aliphatic rings. The Labute approximate surface area is 103 Å². The predicted octanol–water partition coefficient (Wildman–Crippen LogP) is 2.71. The van der Waals surface area contributed by atoms with Gasteiger partial charge >= 0.3 is 0 Å². The van der Waals surface area contributed by atoms with Crippen LogP contribution in [0.5, 0.6) is 0 Å². The smallest absolute Gasteiger partial charge is 0.125 e. The lowest BCUT2D eigenvalue weighted by atomic mass is 10.2. The van der Waals surface area contributed by atoms with Crippen LogP contribution in [0.3, 0.4) is 0 Å². The van der Waals surface area contributed by atoms with Gasteiger partial charge < -0.3 is 10.2 Å². The van der Waals surface area contributed by atoms with Crippen molar-refractivity contribution in [1.29, 1.82) is 0 Å². The highest BCUT2D eigenvalue weighted by atomic mass is 19.1. The number of rotatable bonds is 3. The zero-order valence-corrected chi connectivity index (χ0v) is 10.8. The average molecular weight is 236 g/mol. The lowest BCUT2D eigenvalue weighted by Gasteiger charge is -2.20. The maximum absolute atomic E-state index is 13.3. The fourth-order valence-electron chi connectivity index (χ4n) is 2.50. The van der Waals surface area contributed by atoms with Crippen molar-refractivity contribution in [1.82, 2.24) is 5.32 Å². The molecule has 0 bridgehead atoms. The third kappa shape index (κ3) is 3.19. The Hall–Kier alpha value is -1.09. The molecule has 1 N–H and O–H groups in total. The molecule has 0 amide bonds. The van der Waals surface area contributed by atoms with E-state index in [2.05, 4.69) is 30.1 Å². The Morgan fingerprint density at radius 1 is 1.35 bits per heavy atom. The van der Waals surface area contributed by atoms with Crippen molar-refractivity contribution in [3.8, 4) is 0 Å². The minimum Gasteiger partial charge on any atom is -0.370 e. The number of anilines is 1. The zero-order chi connectivity index (χ0) is 12.4. The first-order valence-electron chi connectivity index (χ1n) is 6.33. The van der Waals surface area contributed by atoms with Crippen molar-refractivity contribution in [2.24, 2.45) is 0 Å². The third-order valence-electron chi connectivity index (χ3n) is 3.15. The molecule has 3 heteroatoms. The highest BCUT2D eigenvalue weighted by Gasteiger charge is 2.23. The molecule has 1 aromatic carbocycles. The Morgan fingerprint density at radius 3 is 2.76 bits per heavy atom. The summed E-state index contributed by atoms with van der Waals surface area (Å²) in [6.07, 6.45) is 1.13. The Balaban J connectivity index is 2.04. The summed E-state index contributed by atoms with van der Waals surface area (Å²) in [6, 6.07) is 6.29. The van der Waals surface area contributed by atoms with Crippen molar-refractivity contribution in [3.05, 3.63) is 29.6 Å². The molecule has 0 aromatic heterocycles. The zero-order valence-electron chi connectivity index (χ0n) is 10.8. The fraction of sp³-hybridized carbons (Fsp3) is 0.571. The quantitative estimate of drug-likeness (QED) is 0.868. The van der Waals surface area contributed by atoms with Crippen molar-refractivity contribution < 1.29 is 4.39 Å². The average Bonchev–Trinajstić information content (AvgIpc) is 2.63. The normalized spacial score (nSPS) is 20.3. The van der Waals surface area contributed by atoms with Gasteiger partial charge in [0.1, 0.15) is 5.82 Å². The second kappa shape index (κ2) is 5.05. The summed E-state index contributed by atoms with van der Waals surface area (Å²) in [5.74, 6) is -0.139. The molecular weight excluding hydrogens is 215 g/mol. The van der Waals surface area contributed by atoms with Gasteiger partial charge in [0.2, 0.25) is 0 Å². The summed E-state index contributed by atoms with van der Waals surface area (Å²) in [6.45, 7) is 8.24. The van der Waals surface area contributed by atoms with Crippen molar-refractivity contribution in [2.75, 3.05) is 18.0 Å². The van der Waals surface area contributed by atoms with E-state index in [4.69, 9.17) is 0 Å². The van der Waals surface area contributed by atoms with Gasteiger partial charge in [-0.15, -0.1) is 0 Å². The van der Waals surface area contributed by atoms with Gasteiger partial charge in [-0.1, -0.05) is 13.8 Å². The summed E-state index contributed by atoms with van der Waals surface area (Å²) >= 11 is 0. The molecule has 1 saturated heterocycles. The lowest BCUT2D eigenvalue weighted by Crippen LogP contribution is -2.37. The maximum atomic E-state index is 13.3. The Kier molecular flexibility index (Phi) is 3.67. The van der Waals surface area contributed by atoms with Crippen LogP contribution in [-0.4, -0.2) is 25.2 Å². The molecule has 0 saturated carbocycles. The van der Waals surface area contributed by atoms with E-state index in [1.165, 1.54) is 0 Å². The maximum Gasteiger partial charge on any atom is 0.125 e. The van der Waals surface area contributed by atoms with E-state index in [-0.39, 0.29) is 5.82 Å². The van der Waals surface area contributed by atoms with Gasteiger partial charge in [0.15, 0.2) is 0 Å². The van der Waals surface area contributed by atoms with Crippen LogP contribution in [0.25, 0.3) is 0 Å². The third-order valence-corrected chi connectivity index (χ3v) is 3.15. The molecule has 1 heterocycles. The van der Waals surface area contributed by atoms with E-state index in [1.54, 1.807) is 12.1 Å². The molecule has 1 unspecified atom stereocenters. The van der Waals surface area contributed by atoms with Crippen molar-refractivity contribution >= 4 is 5.69 Å². The standard InChI is InChI=1S/C14H21FN2/c1-10(2)16-13-4-5-17(9-13)14-7-11(3)6-12(15)8-14/h6-8,10,13,16H,4-5,9H2,1-3H3. The van der Waals surface area contributed by atoms with Crippen LogP contribution in [0.4, 0.5) is 10.1 Å². The van der Waals surface area contributed by atoms with Crippen LogP contribution in [0, 0.1) is 12.7 Å². The van der Waals surface area contributed by atoms with E-state index in [0.717, 1.165) is 30.8 Å². The van der Waals surface area contributed by atoms with Gasteiger partial charge in [-0.3, -0.25) is 0 Å². The monoisotopic (exact) mass is 236 g/mol. The summed E-state index contributed by atoms with van der Waals surface area (Å²) < 4.78 is 13.3. The molecular formula is C14H21FN2. The fourth-order valence-corrected chi connectivity index (χ4v) is 2.50. The Morgan fingerprint density at radius 2 is 2.12 bits per heavy atom. The number of nitrogens with zero attached hydrogens (tertiary/aromatic N) is 1. The summed E-state index contributed by atoms with van der Waals surface area (Å²) in [7, 11) is 0. The van der Waals surface area contributed by atoms with Gasteiger partial charge in [0, 0.05) is 30.9 Å². The molecule has 1 atom stereocenters. The summed E-state index contributed by atoms with van der Waals surface area (Å²) in [4.78, 5) is 2.26. The van der Waals surface area contributed by atoms with E-state index in [1.807, 2.05) is 6.92 Å². The number of nitrogens with one attached hydrogen (secondary N) is 1. The van der Waals surface area contributed by atoms with Crippen LogP contribution in [0.15, 0.2) is 18.2 Å². The van der Waals surface area contributed by atoms with Crippen molar-refractivity contribution in [3.63, 3.8) is 0 Å². The second-order valence-corrected chi connectivity index (χ2v) is 5.24. The van der Waals surface area contributed by atoms with E-state index in [9.17, 15) is 4.39 Å². The Bertz CT molecular complexity index is 370. The lowest BCUT2D eigenvalue weighted by molar-refractivity contribution is 0.492. The molecule has 0 aliphatic carbocycles. The van der Waals surface area contributed by atoms with E-state index in [0.29, 0.717) is 12.1 Å². The minimum absolute atomic E-state index is 0.139. The first-order chi connectivity index (χ1) is 8.04. The molecule has 94 valence electrons. The van der Waals surface area contributed by atoms with Crippen LogP contribution < -0.4 is 10.2 Å².